The van der Waals surface area contributed by atoms with Crippen molar-refractivity contribution in [3.8, 4) is 6.07 Å². The fraction of sp³-hybridized carbons (Fsp3) is 0.214. The molecule has 0 saturated heterocycles. The summed E-state index contributed by atoms with van der Waals surface area (Å²) in [4.78, 5) is 24.0. The summed E-state index contributed by atoms with van der Waals surface area (Å²) in [6, 6.07) is 8.30. The number of benzene rings is 1. The highest BCUT2D eigenvalue weighted by atomic mass is 35.5. The number of hydrogen-bond donors (Lipinski definition) is 2. The van der Waals surface area contributed by atoms with Crippen LogP contribution in [0.1, 0.15) is 6.42 Å². The summed E-state index contributed by atoms with van der Waals surface area (Å²) in [5, 5.41) is 12.0. The number of carbonyl (C=O) groups excluding carboxylic acids is 2. The van der Waals surface area contributed by atoms with Gasteiger partial charge in [0, 0.05) is 23.5 Å². The van der Waals surface area contributed by atoms with Crippen LogP contribution in [0.5, 0.6) is 0 Å². The van der Waals surface area contributed by atoms with E-state index in [0.717, 1.165) is 0 Å². The van der Waals surface area contributed by atoms with Crippen LogP contribution in [0.2, 0.25) is 5.02 Å². The number of halogens is 1. The van der Waals surface area contributed by atoms with Crippen LogP contribution >= 0.6 is 11.6 Å². The molecule has 0 aliphatic rings. The average molecular weight is 307 g/mol. The normalized spacial score (nSPS) is 10.6. The maximum Gasteiger partial charge on any atom is 0.267 e. The number of nitrogens with one attached hydrogen (secondary N) is 1. The van der Waals surface area contributed by atoms with Gasteiger partial charge in [-0.05, 0) is 31.2 Å². The zero-order valence-electron chi connectivity index (χ0n) is 11.3. The highest BCUT2D eigenvalue weighted by Crippen LogP contribution is 2.15. The molecule has 21 heavy (non-hydrogen) atoms. The monoisotopic (exact) mass is 306 g/mol. The molecule has 1 aromatic carbocycles. The number of carbonyl (C=O) groups is 2. The van der Waals surface area contributed by atoms with Crippen LogP contribution in [0.3, 0.4) is 0 Å². The van der Waals surface area contributed by atoms with E-state index in [1.165, 1.54) is 11.1 Å². The molecule has 0 bridgehead atoms. The van der Waals surface area contributed by atoms with Crippen molar-refractivity contribution in [2.75, 3.05) is 18.4 Å². The number of rotatable bonds is 7. The molecule has 0 heterocycles. The molecule has 0 aliphatic carbocycles. The SMILES string of the molecule is N#C/C(=C/N(C=O)CCCN)C(=O)Nc1cccc(Cl)c1. The Kier molecular flexibility index (Phi) is 6.95. The molecule has 6 nitrogen and oxygen atoms in total. The number of nitrogens with zero attached hydrogens (tertiary/aromatic N) is 2. The maximum atomic E-state index is 12.0. The largest absolute Gasteiger partial charge is 0.330 e. The van der Waals surface area contributed by atoms with Crippen molar-refractivity contribution in [3.63, 3.8) is 0 Å². The van der Waals surface area contributed by atoms with Crippen molar-refractivity contribution in [3.05, 3.63) is 41.1 Å². The van der Waals surface area contributed by atoms with Gasteiger partial charge in [0.15, 0.2) is 0 Å². The number of nitrogens with two attached hydrogens (primary N) is 1. The summed E-state index contributed by atoms with van der Waals surface area (Å²) in [6.45, 7) is 0.754. The molecule has 0 unspecified atom stereocenters. The third-order valence-corrected chi connectivity index (χ3v) is 2.73. The van der Waals surface area contributed by atoms with Gasteiger partial charge in [0.25, 0.3) is 5.91 Å². The topological polar surface area (TPSA) is 99.2 Å². The first kappa shape index (κ1) is 16.7. The van der Waals surface area contributed by atoms with E-state index < -0.39 is 5.91 Å². The third kappa shape index (κ3) is 5.65. The van der Waals surface area contributed by atoms with Gasteiger partial charge in [-0.3, -0.25) is 9.59 Å². The summed E-state index contributed by atoms with van der Waals surface area (Å²) in [5.41, 5.74) is 5.64. The Balaban J connectivity index is 2.81. The zero-order chi connectivity index (χ0) is 15.7. The number of anilines is 1. The lowest BCUT2D eigenvalue weighted by atomic mass is 10.2. The minimum absolute atomic E-state index is 0.181. The third-order valence-electron chi connectivity index (χ3n) is 2.50. The second-order valence-electron chi connectivity index (χ2n) is 4.10. The fourth-order valence-electron chi connectivity index (χ4n) is 1.49. The molecule has 0 saturated carbocycles. The van der Waals surface area contributed by atoms with Gasteiger partial charge < -0.3 is 16.0 Å². The van der Waals surface area contributed by atoms with E-state index in [1.807, 2.05) is 0 Å². The number of amides is 2. The molecule has 1 rings (SSSR count). The van der Waals surface area contributed by atoms with Crippen LogP contribution in [0.15, 0.2) is 36.0 Å². The van der Waals surface area contributed by atoms with Crippen molar-refractivity contribution in [1.29, 1.82) is 5.26 Å². The van der Waals surface area contributed by atoms with Crippen LogP contribution in [0, 0.1) is 11.3 Å². The first-order valence-corrected chi connectivity index (χ1v) is 6.58. The molecule has 0 aromatic heterocycles. The Morgan fingerprint density at radius 2 is 2.29 bits per heavy atom. The van der Waals surface area contributed by atoms with Gasteiger partial charge in [0.05, 0.1) is 0 Å². The van der Waals surface area contributed by atoms with Crippen molar-refractivity contribution in [1.82, 2.24) is 4.90 Å². The quantitative estimate of drug-likeness (QED) is 0.453. The molecule has 1 aromatic rings. The molecule has 0 aliphatic heterocycles. The molecule has 3 N–H and O–H groups in total. The highest BCUT2D eigenvalue weighted by molar-refractivity contribution is 6.31. The van der Waals surface area contributed by atoms with E-state index >= 15 is 0 Å². The van der Waals surface area contributed by atoms with Gasteiger partial charge in [-0.2, -0.15) is 5.26 Å². The van der Waals surface area contributed by atoms with E-state index in [-0.39, 0.29) is 5.57 Å². The molecule has 110 valence electrons. The Morgan fingerprint density at radius 1 is 1.52 bits per heavy atom. The van der Waals surface area contributed by atoms with E-state index in [0.29, 0.717) is 36.6 Å². The molecule has 0 fully saturated rings. The fourth-order valence-corrected chi connectivity index (χ4v) is 1.68. The summed E-state index contributed by atoms with van der Waals surface area (Å²) in [5.74, 6) is -0.612. The smallest absolute Gasteiger partial charge is 0.267 e. The highest BCUT2D eigenvalue weighted by Gasteiger charge is 2.11. The van der Waals surface area contributed by atoms with E-state index in [2.05, 4.69) is 5.32 Å². The van der Waals surface area contributed by atoms with Crippen molar-refractivity contribution >= 4 is 29.6 Å². The second-order valence-corrected chi connectivity index (χ2v) is 4.54. The minimum Gasteiger partial charge on any atom is -0.330 e. The van der Waals surface area contributed by atoms with Gasteiger partial charge in [0.2, 0.25) is 6.41 Å². The van der Waals surface area contributed by atoms with Crippen molar-refractivity contribution < 1.29 is 9.59 Å². The second kappa shape index (κ2) is 8.74. The zero-order valence-corrected chi connectivity index (χ0v) is 12.0. The Bertz CT molecular complexity index is 581. The standard InChI is InChI=1S/C14H15ClN4O2/c15-12-3-1-4-13(7-12)18-14(21)11(8-17)9-19(10-20)6-2-5-16/h1,3-4,7,9-10H,2,5-6,16H2,(H,18,21)/b11-9-. The van der Waals surface area contributed by atoms with E-state index in [9.17, 15) is 9.59 Å². The molecule has 0 atom stereocenters. The molecular weight excluding hydrogens is 292 g/mol. The number of hydrogen-bond acceptors (Lipinski definition) is 4. The van der Waals surface area contributed by atoms with Crippen LogP contribution in [-0.2, 0) is 9.59 Å². The summed E-state index contributed by atoms with van der Waals surface area (Å²) < 4.78 is 0. The predicted octanol–water partition coefficient (Wildman–Crippen LogP) is 1.49. The molecule has 0 spiro atoms. The lowest BCUT2D eigenvalue weighted by molar-refractivity contribution is -0.116. The summed E-state index contributed by atoms with van der Waals surface area (Å²) in [6.07, 6.45) is 2.31. The van der Waals surface area contributed by atoms with Crippen molar-refractivity contribution in [2.24, 2.45) is 5.73 Å². The lowest BCUT2D eigenvalue weighted by Crippen LogP contribution is -2.22. The van der Waals surface area contributed by atoms with Crippen LogP contribution < -0.4 is 11.1 Å². The lowest BCUT2D eigenvalue weighted by Gasteiger charge is -2.12. The van der Waals surface area contributed by atoms with Crippen molar-refractivity contribution in [2.45, 2.75) is 6.42 Å². The number of nitriles is 1. The van der Waals surface area contributed by atoms with E-state index in [4.69, 9.17) is 22.6 Å². The molecule has 0 radical (unpaired) electrons. The average Bonchev–Trinajstić information content (AvgIpc) is 2.47. The first-order chi connectivity index (χ1) is 10.1. The summed E-state index contributed by atoms with van der Waals surface area (Å²) >= 11 is 5.81. The van der Waals surface area contributed by atoms with Crippen LogP contribution in [0.25, 0.3) is 0 Å². The first-order valence-electron chi connectivity index (χ1n) is 6.20. The Morgan fingerprint density at radius 3 is 2.86 bits per heavy atom. The Labute approximate surface area is 127 Å². The van der Waals surface area contributed by atoms with Gasteiger partial charge >= 0.3 is 0 Å². The molecular formula is C14H15ClN4O2. The Hall–Kier alpha value is -2.36. The summed E-state index contributed by atoms with van der Waals surface area (Å²) in [7, 11) is 0. The van der Waals surface area contributed by atoms with Gasteiger partial charge in [-0.15, -0.1) is 0 Å². The van der Waals surface area contributed by atoms with Crippen LogP contribution in [-0.4, -0.2) is 30.3 Å². The minimum atomic E-state index is -0.612. The predicted molar refractivity (Wildman–Crippen MR) is 80.2 cm³/mol. The maximum absolute atomic E-state index is 12.0. The van der Waals surface area contributed by atoms with Crippen LogP contribution in [0.4, 0.5) is 5.69 Å². The molecule has 2 amide bonds. The molecule has 7 heteroatoms. The van der Waals surface area contributed by atoms with Gasteiger partial charge in [-0.25, -0.2) is 0 Å². The van der Waals surface area contributed by atoms with Gasteiger partial charge in [-0.1, -0.05) is 17.7 Å². The van der Waals surface area contributed by atoms with E-state index in [1.54, 1.807) is 30.3 Å². The van der Waals surface area contributed by atoms with Gasteiger partial charge in [0.1, 0.15) is 11.6 Å².